The minimum Gasteiger partial charge on any atom is -0.354 e. The molecule has 2 unspecified atom stereocenters. The zero-order valence-electron chi connectivity index (χ0n) is 11.2. The summed E-state index contributed by atoms with van der Waals surface area (Å²) in [6, 6.07) is 8.13. The van der Waals surface area contributed by atoms with E-state index in [1.54, 1.807) is 0 Å². The molecule has 1 aromatic rings. The van der Waals surface area contributed by atoms with Crippen LogP contribution in [0.15, 0.2) is 29.3 Å². The number of nitrogens with one attached hydrogen (secondary N) is 1. The van der Waals surface area contributed by atoms with Gasteiger partial charge in [0.25, 0.3) is 0 Å². The predicted molar refractivity (Wildman–Crippen MR) is 76.0 cm³/mol. The molecule has 5 heteroatoms. The van der Waals surface area contributed by atoms with Crippen LogP contribution in [0.5, 0.6) is 0 Å². The van der Waals surface area contributed by atoms with Crippen molar-refractivity contribution in [1.82, 2.24) is 10.2 Å². The largest absolute Gasteiger partial charge is 0.354 e. The van der Waals surface area contributed by atoms with Crippen molar-refractivity contribution < 1.29 is 9.59 Å². The van der Waals surface area contributed by atoms with E-state index in [-0.39, 0.29) is 11.8 Å². The monoisotopic (exact) mass is 271 g/mol. The molecule has 2 aliphatic rings. The van der Waals surface area contributed by atoms with E-state index in [0.717, 1.165) is 18.7 Å². The van der Waals surface area contributed by atoms with Gasteiger partial charge in [-0.2, -0.15) is 0 Å². The van der Waals surface area contributed by atoms with E-state index in [9.17, 15) is 9.59 Å². The lowest BCUT2D eigenvalue weighted by molar-refractivity contribution is -0.131. The van der Waals surface area contributed by atoms with E-state index in [2.05, 4.69) is 21.3 Å². The summed E-state index contributed by atoms with van der Waals surface area (Å²) in [5.74, 6) is -0.346. The Morgan fingerprint density at radius 2 is 2.20 bits per heavy atom. The number of aldehydes is 1. The number of carbonyl (C=O) groups is 2. The summed E-state index contributed by atoms with van der Waals surface area (Å²) in [6.07, 6.45) is 3.90. The fourth-order valence-corrected chi connectivity index (χ4v) is 2.82. The maximum Gasteiger partial charge on any atom is 0.212 e. The lowest BCUT2D eigenvalue weighted by Crippen LogP contribution is -2.52. The first kappa shape index (κ1) is 13.0. The highest BCUT2D eigenvalue weighted by Crippen LogP contribution is 2.26. The molecule has 3 rings (SSSR count). The Morgan fingerprint density at radius 1 is 1.35 bits per heavy atom. The highest BCUT2D eigenvalue weighted by atomic mass is 16.2. The molecular weight excluding hydrogens is 254 g/mol. The smallest absolute Gasteiger partial charge is 0.212 e. The van der Waals surface area contributed by atoms with Crippen LogP contribution in [-0.4, -0.2) is 41.9 Å². The average molecular weight is 271 g/mol. The van der Waals surface area contributed by atoms with Crippen molar-refractivity contribution in [1.29, 1.82) is 0 Å². The maximum absolute atomic E-state index is 11.3. The predicted octanol–water partition coefficient (Wildman–Crippen LogP) is 1.05. The summed E-state index contributed by atoms with van der Waals surface area (Å²) < 4.78 is 0. The molecule has 1 N–H and O–H groups in total. The third kappa shape index (κ3) is 2.49. The highest BCUT2D eigenvalue weighted by Gasteiger charge is 2.28. The van der Waals surface area contributed by atoms with E-state index in [0.29, 0.717) is 25.3 Å². The summed E-state index contributed by atoms with van der Waals surface area (Å²) in [5.41, 5.74) is 2.25. The summed E-state index contributed by atoms with van der Waals surface area (Å²) in [5, 5.41) is 3.16. The number of nitrogens with zero attached hydrogens (tertiary/aromatic N) is 2. The number of para-hydroxylation sites is 1. The zero-order chi connectivity index (χ0) is 13.9. The molecule has 0 saturated carbocycles. The fourth-order valence-electron chi connectivity index (χ4n) is 2.82. The summed E-state index contributed by atoms with van der Waals surface area (Å²) in [6.45, 7) is 1.55. The van der Waals surface area contributed by atoms with Gasteiger partial charge in [0, 0.05) is 19.1 Å². The molecule has 20 heavy (non-hydrogen) atoms. The van der Waals surface area contributed by atoms with Crippen LogP contribution in [0.2, 0.25) is 0 Å². The van der Waals surface area contributed by atoms with E-state index < -0.39 is 0 Å². The van der Waals surface area contributed by atoms with Crippen LogP contribution in [0, 0.1) is 0 Å². The van der Waals surface area contributed by atoms with Gasteiger partial charge in [-0.25, -0.2) is 4.99 Å². The molecule has 1 fully saturated rings. The molecule has 0 aliphatic carbocycles. The van der Waals surface area contributed by atoms with Crippen molar-refractivity contribution in [2.45, 2.75) is 31.5 Å². The van der Waals surface area contributed by atoms with Crippen LogP contribution in [0.1, 0.15) is 18.4 Å². The van der Waals surface area contributed by atoms with E-state index >= 15 is 0 Å². The SMILES string of the molecule is O=CC(=O)C1CCC(N2C=Nc3ccccc3C2)CN1. The number of hydrogen-bond acceptors (Lipinski definition) is 5. The first-order valence-corrected chi connectivity index (χ1v) is 6.88. The zero-order valence-corrected chi connectivity index (χ0v) is 11.2. The number of carbonyl (C=O) groups excluding carboxylic acids is 2. The first-order valence-electron chi connectivity index (χ1n) is 6.88. The Bertz CT molecular complexity index is 548. The van der Waals surface area contributed by atoms with Crippen LogP contribution < -0.4 is 5.32 Å². The Hall–Kier alpha value is -2.01. The normalized spacial score (nSPS) is 25.1. The standard InChI is InChI=1S/C15H17N3O2/c19-9-15(20)14-6-5-12(7-16-14)18-8-11-3-1-2-4-13(11)17-10-18/h1-4,9-10,12,14,16H,5-8H2. The second-order valence-electron chi connectivity index (χ2n) is 5.26. The molecule has 2 atom stereocenters. The van der Waals surface area contributed by atoms with Gasteiger partial charge >= 0.3 is 0 Å². The van der Waals surface area contributed by atoms with Gasteiger partial charge in [-0.15, -0.1) is 0 Å². The molecule has 1 saturated heterocycles. The Morgan fingerprint density at radius 3 is 2.95 bits per heavy atom. The van der Waals surface area contributed by atoms with Crippen molar-refractivity contribution in [3.8, 4) is 0 Å². The van der Waals surface area contributed by atoms with Crippen LogP contribution in [0.25, 0.3) is 0 Å². The molecule has 5 nitrogen and oxygen atoms in total. The number of ketones is 1. The van der Waals surface area contributed by atoms with Crippen LogP contribution >= 0.6 is 0 Å². The van der Waals surface area contributed by atoms with Crippen LogP contribution in [-0.2, 0) is 16.1 Å². The number of piperidine rings is 1. The fraction of sp³-hybridized carbons (Fsp3) is 0.400. The van der Waals surface area contributed by atoms with Gasteiger partial charge in [-0.3, -0.25) is 9.59 Å². The molecular formula is C15H17N3O2. The minimum atomic E-state index is -0.346. The van der Waals surface area contributed by atoms with Gasteiger partial charge < -0.3 is 10.2 Å². The van der Waals surface area contributed by atoms with Crippen molar-refractivity contribution >= 4 is 24.1 Å². The van der Waals surface area contributed by atoms with Crippen molar-refractivity contribution in [3.05, 3.63) is 29.8 Å². The second kappa shape index (κ2) is 5.54. The molecule has 2 aliphatic heterocycles. The number of Topliss-reactive ketones (excluding diaryl/α,β-unsaturated/α-hetero) is 1. The minimum absolute atomic E-state index is 0.308. The highest BCUT2D eigenvalue weighted by molar-refractivity contribution is 6.27. The van der Waals surface area contributed by atoms with Gasteiger partial charge in [-0.1, -0.05) is 18.2 Å². The maximum atomic E-state index is 11.3. The Balaban J connectivity index is 1.63. The molecule has 0 bridgehead atoms. The van der Waals surface area contributed by atoms with Crippen LogP contribution in [0.3, 0.4) is 0 Å². The number of fused-ring (bicyclic) bond motifs is 1. The van der Waals surface area contributed by atoms with Gasteiger partial charge in [0.15, 0.2) is 6.29 Å². The van der Waals surface area contributed by atoms with Crippen molar-refractivity contribution in [2.24, 2.45) is 4.99 Å². The van der Waals surface area contributed by atoms with Gasteiger partial charge in [-0.05, 0) is 24.5 Å². The lowest BCUT2D eigenvalue weighted by atomic mass is 9.96. The number of benzene rings is 1. The van der Waals surface area contributed by atoms with Gasteiger partial charge in [0.2, 0.25) is 5.78 Å². The third-order valence-electron chi connectivity index (χ3n) is 4.01. The summed E-state index contributed by atoms with van der Waals surface area (Å²) in [7, 11) is 0. The summed E-state index contributed by atoms with van der Waals surface area (Å²) in [4.78, 5) is 28.5. The molecule has 0 aromatic heterocycles. The van der Waals surface area contributed by atoms with E-state index in [4.69, 9.17) is 0 Å². The molecule has 1 aromatic carbocycles. The number of rotatable bonds is 3. The average Bonchev–Trinajstić information content (AvgIpc) is 2.54. The Labute approximate surface area is 117 Å². The van der Waals surface area contributed by atoms with Crippen molar-refractivity contribution in [3.63, 3.8) is 0 Å². The lowest BCUT2D eigenvalue weighted by Gasteiger charge is -2.37. The quantitative estimate of drug-likeness (QED) is 0.659. The Kier molecular flexibility index (Phi) is 3.60. The van der Waals surface area contributed by atoms with E-state index in [1.807, 2.05) is 24.5 Å². The number of hydrogen-bond donors (Lipinski definition) is 1. The van der Waals surface area contributed by atoms with Gasteiger partial charge in [0.1, 0.15) is 0 Å². The van der Waals surface area contributed by atoms with Gasteiger partial charge in [0.05, 0.1) is 18.1 Å². The number of aliphatic imine (C=N–C) groups is 1. The topological polar surface area (TPSA) is 61.8 Å². The molecule has 0 spiro atoms. The van der Waals surface area contributed by atoms with E-state index in [1.165, 1.54) is 5.56 Å². The molecule has 0 amide bonds. The van der Waals surface area contributed by atoms with Crippen molar-refractivity contribution in [2.75, 3.05) is 6.54 Å². The van der Waals surface area contributed by atoms with Crippen LogP contribution in [0.4, 0.5) is 5.69 Å². The molecule has 0 radical (unpaired) electrons. The second-order valence-corrected chi connectivity index (χ2v) is 5.26. The summed E-state index contributed by atoms with van der Waals surface area (Å²) >= 11 is 0. The molecule has 2 heterocycles. The molecule has 104 valence electrons. The third-order valence-corrected chi connectivity index (χ3v) is 4.01. The first-order chi connectivity index (χ1) is 9.78.